The van der Waals surface area contributed by atoms with Crippen LogP contribution in [0.15, 0.2) is 131 Å². The van der Waals surface area contributed by atoms with Crippen LogP contribution in [0.2, 0.25) is 84.1 Å². The van der Waals surface area contributed by atoms with Gasteiger partial charge in [-0.3, -0.25) is 6.08 Å². The van der Waals surface area contributed by atoms with Gasteiger partial charge in [-0.1, -0.05) is 115 Å². The average molecular weight is 776 g/mol. The van der Waals surface area contributed by atoms with Crippen LogP contribution in [0.3, 0.4) is 0 Å². The Balaban J connectivity index is 0.000000168. The largest absolute Gasteiger partial charge is 0.126 e. The number of rotatable bonds is 6. The molecule has 0 saturated carbocycles. The van der Waals surface area contributed by atoms with Crippen molar-refractivity contribution < 1.29 is 24.2 Å². The second-order valence-electron chi connectivity index (χ2n) is 17.3. The zero-order valence-corrected chi connectivity index (χ0v) is 38.0. The Morgan fingerprint density at radius 2 is 0.917 bits per heavy atom. The Morgan fingerprint density at radius 1 is 0.521 bits per heavy atom. The van der Waals surface area contributed by atoms with Gasteiger partial charge >= 0.3 is 99.2 Å². The van der Waals surface area contributed by atoms with Crippen molar-refractivity contribution in [2.45, 2.75) is 84.1 Å². The van der Waals surface area contributed by atoms with E-state index in [-0.39, 0.29) is 0 Å². The molecule has 1 aliphatic carbocycles. The molecule has 1 atom stereocenters. The minimum atomic E-state index is -1.32. The van der Waals surface area contributed by atoms with Crippen LogP contribution >= 0.6 is 0 Å². The van der Waals surface area contributed by atoms with Gasteiger partial charge in [-0.15, -0.1) is 45.3 Å². The normalized spacial score (nSPS) is 15.5. The minimum absolute atomic E-state index is 0.688. The first kappa shape index (κ1) is 38.6. The molecule has 0 N–H and O–H groups in total. The first-order valence-electron chi connectivity index (χ1n) is 17.4. The Hall–Kier alpha value is -2.15. The molecule has 0 amide bonds. The quantitative estimate of drug-likeness (QED) is 0.119. The van der Waals surface area contributed by atoms with Crippen molar-refractivity contribution in [3.05, 3.63) is 148 Å². The predicted octanol–water partition coefficient (Wildman–Crippen LogP) is 12.9. The molecule has 0 heterocycles. The molecule has 5 aromatic rings. The van der Waals surface area contributed by atoms with Gasteiger partial charge in [-0.2, -0.15) is 5.20 Å². The second-order valence-corrected chi connectivity index (χ2v) is 38.9. The van der Waals surface area contributed by atoms with E-state index < -0.39 is 32.3 Å². The monoisotopic (exact) mass is 774 g/mol. The summed E-state index contributed by atoms with van der Waals surface area (Å²) < 4.78 is 1.42. The molecule has 0 aliphatic heterocycles. The molecule has 5 aromatic carbocycles. The maximum atomic E-state index is 4.12. The van der Waals surface area contributed by atoms with Crippen LogP contribution in [-0.4, -0.2) is 35.5 Å². The summed E-state index contributed by atoms with van der Waals surface area (Å²) >= 11 is 1.46. The summed E-state index contributed by atoms with van der Waals surface area (Å²) in [5.74, 6) is 0. The molecule has 0 fully saturated rings. The molecule has 0 bridgehead atoms. The van der Waals surface area contributed by atoms with Crippen LogP contribution in [0.5, 0.6) is 0 Å². The van der Waals surface area contributed by atoms with Gasteiger partial charge in [0, 0.05) is 16.1 Å². The van der Waals surface area contributed by atoms with Crippen molar-refractivity contribution in [1.82, 2.24) is 0 Å². The Bertz CT molecular complexity index is 1810. The van der Waals surface area contributed by atoms with Gasteiger partial charge in [0.1, 0.15) is 0 Å². The fraction of sp³-hybridized carbons (Fsp3) is 0.302. The van der Waals surface area contributed by atoms with E-state index in [1.54, 1.807) is 5.20 Å². The van der Waals surface area contributed by atoms with Gasteiger partial charge in [0.05, 0.1) is 8.07 Å². The molecule has 1 aliphatic rings. The van der Waals surface area contributed by atoms with Gasteiger partial charge in [0.25, 0.3) is 0 Å². The average Bonchev–Trinajstić information content (AvgIpc) is 3.63. The van der Waals surface area contributed by atoms with Crippen molar-refractivity contribution >= 4 is 57.0 Å². The van der Waals surface area contributed by atoms with Crippen LogP contribution < -0.4 is 0 Å². The van der Waals surface area contributed by atoms with Gasteiger partial charge in [0.15, 0.2) is 0 Å². The van der Waals surface area contributed by atoms with Gasteiger partial charge < -0.3 is 0 Å². The second kappa shape index (κ2) is 15.4. The van der Waals surface area contributed by atoms with E-state index >= 15 is 0 Å². The third-order valence-corrected chi connectivity index (χ3v) is 19.4. The van der Waals surface area contributed by atoms with Crippen LogP contribution in [0.25, 0.3) is 21.5 Å². The van der Waals surface area contributed by atoms with Gasteiger partial charge in [-0.05, 0) is 8.07 Å². The fourth-order valence-electron chi connectivity index (χ4n) is 6.68. The van der Waals surface area contributed by atoms with Crippen molar-refractivity contribution in [2.24, 2.45) is 0 Å². The van der Waals surface area contributed by atoms with E-state index in [1.807, 2.05) is 10.4 Å². The zero-order valence-electron chi connectivity index (χ0n) is 31.5. The zero-order chi connectivity index (χ0) is 35.5. The summed E-state index contributed by atoms with van der Waals surface area (Å²) in [4.78, 5) is 0. The first-order valence-corrected chi connectivity index (χ1v) is 32.7. The van der Waals surface area contributed by atoms with E-state index in [1.165, 1.54) is 60.1 Å². The summed E-state index contributed by atoms with van der Waals surface area (Å²) in [6.45, 7) is 30.5. The molecule has 0 saturated heterocycles. The number of benzene rings is 4. The van der Waals surface area contributed by atoms with E-state index in [0.29, 0.717) is 5.54 Å². The summed E-state index contributed by atoms with van der Waals surface area (Å²) in [7, 11) is -5.18. The molecule has 0 radical (unpaired) electrons. The topological polar surface area (TPSA) is 0 Å². The van der Waals surface area contributed by atoms with Crippen molar-refractivity contribution in [1.29, 1.82) is 0 Å². The van der Waals surface area contributed by atoms with Crippen LogP contribution in [0.1, 0.15) is 11.1 Å². The molecular weight excluding hydrogens is 720 g/mol. The maximum absolute atomic E-state index is 4.12. The third-order valence-electron chi connectivity index (χ3n) is 8.92. The predicted molar refractivity (Wildman–Crippen MR) is 224 cm³/mol. The molecule has 0 aromatic heterocycles. The summed E-state index contributed by atoms with van der Waals surface area (Å²) in [5.41, 5.74) is 3.35. The number of allylic oxidation sites excluding steroid dienone is 4. The maximum Gasteiger partial charge on any atom is -0.0771 e. The van der Waals surface area contributed by atoms with E-state index in [2.05, 4.69) is 200 Å². The molecule has 0 nitrogen and oxygen atoms in total. The smallest absolute Gasteiger partial charge is 0.0771 e. The van der Waals surface area contributed by atoms with E-state index in [9.17, 15) is 0 Å². The van der Waals surface area contributed by atoms with Crippen LogP contribution in [0.4, 0.5) is 0 Å². The number of hydrogen-bond donors (Lipinski definition) is 0. The van der Waals surface area contributed by atoms with Crippen molar-refractivity contribution in [3.63, 3.8) is 0 Å². The van der Waals surface area contributed by atoms with Crippen molar-refractivity contribution in [2.75, 3.05) is 0 Å². The van der Waals surface area contributed by atoms with Crippen molar-refractivity contribution in [3.8, 4) is 0 Å². The molecule has 48 heavy (non-hydrogen) atoms. The molecule has 0 spiro atoms. The van der Waals surface area contributed by atoms with Gasteiger partial charge in [-0.25, -0.2) is 10.4 Å². The van der Waals surface area contributed by atoms with Crippen LogP contribution in [0, 0.1) is 6.08 Å². The van der Waals surface area contributed by atoms with E-state index in [4.69, 9.17) is 0 Å². The SMILES string of the molecule is C[Si](C)(C)C1=[C-]C([Si](C)(C)C)C([Si](C)(C)C)=C1[Si](C)(C)C.[Zr+2]=[C](c1ccccc1)c1ccccc1.c1ccc2c(c1)[cH-]c1ccccc12. The standard InChI is InChI=1S/C17H37Si4.C13H9.C13H10.Zr/c1-18(2,3)14-13-15(19(4,5)6)17(21(10,11)12)16(14)20(7,8)9;1-3-7-12-10(5-1)9-11-6-2-4-8-13(11)12;1-3-7-12(8-4-1)11-13-9-5-2-6-10-13;/h14H,1-12H3;1-9H;1-10H;/q2*-1;;+2. The summed E-state index contributed by atoms with van der Waals surface area (Å²) in [6.07, 6.45) is 4.12. The fourth-order valence-corrected chi connectivity index (χ4v) is 21.6. The summed E-state index contributed by atoms with van der Waals surface area (Å²) in [5, 5.41) is 10.9. The molecule has 5 heteroatoms. The minimum Gasteiger partial charge on any atom is -0.126 e. The van der Waals surface area contributed by atoms with Crippen LogP contribution in [-0.2, 0) is 24.2 Å². The Morgan fingerprint density at radius 3 is 1.27 bits per heavy atom. The first-order chi connectivity index (χ1) is 22.3. The van der Waals surface area contributed by atoms with Gasteiger partial charge in [0.2, 0.25) is 0 Å². The number of fused-ring (bicyclic) bond motifs is 3. The number of hydrogen-bond acceptors (Lipinski definition) is 0. The Labute approximate surface area is 311 Å². The third kappa shape index (κ3) is 9.54. The molecule has 1 unspecified atom stereocenters. The molecule has 248 valence electrons. The molecular formula is C43H56Si4Zr. The Kier molecular flexibility index (Phi) is 12.4. The summed E-state index contributed by atoms with van der Waals surface area (Å²) in [6, 6.07) is 40.4. The molecule has 6 rings (SSSR count). The van der Waals surface area contributed by atoms with E-state index in [0.717, 1.165) is 0 Å².